The van der Waals surface area contributed by atoms with E-state index >= 15 is 0 Å². The van der Waals surface area contributed by atoms with Crippen molar-refractivity contribution in [2.24, 2.45) is 0 Å². The molecule has 2 N–H and O–H groups in total. The molecule has 0 atom stereocenters. The summed E-state index contributed by atoms with van der Waals surface area (Å²) in [5, 5.41) is 23.4. The molecule has 0 saturated heterocycles. The smallest absolute Gasteiger partial charge is 0.456 e. The van der Waals surface area contributed by atoms with Gasteiger partial charge in [-0.05, 0) is 54.0 Å². The molecule has 172 valence electrons. The van der Waals surface area contributed by atoms with E-state index in [0.717, 1.165) is 60.9 Å². The Kier molecular flexibility index (Phi) is 4.64. The lowest BCUT2D eigenvalue weighted by molar-refractivity contribution is 0.426. The van der Waals surface area contributed by atoms with Crippen LogP contribution in [0.2, 0.25) is 0 Å². The summed E-state index contributed by atoms with van der Waals surface area (Å²) in [5.41, 5.74) is 6.43. The molecule has 5 nitrogen and oxygen atoms in total. The van der Waals surface area contributed by atoms with E-state index in [1.807, 2.05) is 66.7 Å². The number of para-hydroxylation sites is 2. The van der Waals surface area contributed by atoms with Crippen molar-refractivity contribution in [1.82, 2.24) is 0 Å². The summed E-state index contributed by atoms with van der Waals surface area (Å²) >= 11 is 0. The third-order valence-corrected chi connectivity index (χ3v) is 6.69. The summed E-state index contributed by atoms with van der Waals surface area (Å²) in [6, 6.07) is 35.5. The average Bonchev–Trinajstić information content (AvgIpc) is 3.47. The van der Waals surface area contributed by atoms with Gasteiger partial charge in [-0.3, -0.25) is 0 Å². The number of nitrogens with zero attached hydrogens (tertiary/aromatic N) is 1. The molecule has 2 aromatic heterocycles. The summed E-state index contributed by atoms with van der Waals surface area (Å²) < 4.78 is 12.4. The van der Waals surface area contributed by atoms with Crippen molar-refractivity contribution in [3.05, 3.63) is 109 Å². The van der Waals surface area contributed by atoms with Gasteiger partial charge in [-0.1, -0.05) is 54.6 Å². The molecule has 0 bridgehead atoms. The summed E-state index contributed by atoms with van der Waals surface area (Å²) in [6.45, 7) is 0. The Labute approximate surface area is 206 Å². The molecule has 7 rings (SSSR count). The van der Waals surface area contributed by atoms with Crippen LogP contribution in [-0.2, 0) is 0 Å². The van der Waals surface area contributed by atoms with Crippen LogP contribution in [0.3, 0.4) is 0 Å². The molecule has 5 aromatic carbocycles. The van der Waals surface area contributed by atoms with Crippen molar-refractivity contribution in [2.75, 3.05) is 4.90 Å². The SMILES string of the molecule is OB(O)c1ccc(N(c2ccc3c(c2)oc2ccccc23)c2cccc3oc4ccccc4c23)cc1. The Morgan fingerprint density at radius 2 is 1.14 bits per heavy atom. The standard InChI is InChI=1S/C30H20BNO4/c33-31(34)19-12-14-20(15-13-19)32(21-16-17-23-22-6-1-3-9-26(22)36-29(23)18-21)25-8-5-11-28-30(25)24-7-2-4-10-27(24)35-28/h1-18,33-34H. The van der Waals surface area contributed by atoms with E-state index in [-0.39, 0.29) is 0 Å². The second-order valence-electron chi connectivity index (χ2n) is 8.83. The minimum Gasteiger partial charge on any atom is -0.456 e. The zero-order valence-electron chi connectivity index (χ0n) is 19.1. The number of hydrogen-bond acceptors (Lipinski definition) is 5. The second kappa shape index (κ2) is 8.02. The molecule has 0 fully saturated rings. The average molecular weight is 469 g/mol. The lowest BCUT2D eigenvalue weighted by Gasteiger charge is -2.26. The largest absolute Gasteiger partial charge is 0.488 e. The Balaban J connectivity index is 1.50. The van der Waals surface area contributed by atoms with Gasteiger partial charge in [0.2, 0.25) is 0 Å². The lowest BCUT2D eigenvalue weighted by Crippen LogP contribution is -2.29. The maximum absolute atomic E-state index is 9.62. The molecule has 2 heterocycles. The molecule has 0 aliphatic heterocycles. The highest BCUT2D eigenvalue weighted by Crippen LogP contribution is 2.43. The van der Waals surface area contributed by atoms with Gasteiger partial charge in [0.05, 0.1) is 11.1 Å². The molecule has 0 radical (unpaired) electrons. The first kappa shape index (κ1) is 20.8. The first-order valence-corrected chi connectivity index (χ1v) is 11.8. The molecule has 36 heavy (non-hydrogen) atoms. The first-order valence-electron chi connectivity index (χ1n) is 11.8. The molecule has 0 aliphatic carbocycles. The highest BCUT2D eigenvalue weighted by molar-refractivity contribution is 6.58. The monoisotopic (exact) mass is 469 g/mol. The highest BCUT2D eigenvalue weighted by atomic mass is 16.4. The van der Waals surface area contributed by atoms with Crippen LogP contribution < -0.4 is 10.4 Å². The number of furan rings is 2. The van der Waals surface area contributed by atoms with Gasteiger partial charge in [0.1, 0.15) is 22.3 Å². The lowest BCUT2D eigenvalue weighted by atomic mass is 9.80. The Bertz CT molecular complexity index is 1890. The molecular weight excluding hydrogens is 449 g/mol. The summed E-state index contributed by atoms with van der Waals surface area (Å²) in [5.74, 6) is 0. The summed E-state index contributed by atoms with van der Waals surface area (Å²) in [4.78, 5) is 2.14. The molecule has 6 heteroatoms. The number of hydrogen-bond donors (Lipinski definition) is 2. The molecule has 0 spiro atoms. The fourth-order valence-electron chi connectivity index (χ4n) is 5.02. The Morgan fingerprint density at radius 3 is 1.92 bits per heavy atom. The van der Waals surface area contributed by atoms with Crippen LogP contribution in [0.4, 0.5) is 17.1 Å². The van der Waals surface area contributed by atoms with Crippen LogP contribution in [0.25, 0.3) is 43.9 Å². The van der Waals surface area contributed by atoms with Crippen molar-refractivity contribution in [3.63, 3.8) is 0 Å². The topological polar surface area (TPSA) is 70.0 Å². The van der Waals surface area contributed by atoms with Gasteiger partial charge >= 0.3 is 7.12 Å². The van der Waals surface area contributed by atoms with Gasteiger partial charge in [-0.15, -0.1) is 0 Å². The van der Waals surface area contributed by atoms with Gasteiger partial charge in [0.25, 0.3) is 0 Å². The van der Waals surface area contributed by atoms with E-state index in [0.29, 0.717) is 5.46 Å². The Morgan fingerprint density at radius 1 is 0.528 bits per heavy atom. The number of fused-ring (bicyclic) bond motifs is 6. The van der Waals surface area contributed by atoms with Crippen LogP contribution in [-0.4, -0.2) is 17.2 Å². The molecule has 0 unspecified atom stereocenters. The van der Waals surface area contributed by atoms with Crippen molar-refractivity contribution < 1.29 is 18.9 Å². The summed E-state index contributed by atoms with van der Waals surface area (Å²) in [7, 11) is -1.53. The normalized spacial score (nSPS) is 11.6. The van der Waals surface area contributed by atoms with Gasteiger partial charge in [0, 0.05) is 33.6 Å². The van der Waals surface area contributed by atoms with E-state index in [1.54, 1.807) is 12.1 Å². The molecule has 0 saturated carbocycles. The van der Waals surface area contributed by atoms with Crippen LogP contribution in [0.5, 0.6) is 0 Å². The molecule has 7 aromatic rings. The minimum atomic E-state index is -1.53. The first-order chi connectivity index (χ1) is 17.7. The van der Waals surface area contributed by atoms with E-state index in [4.69, 9.17) is 8.83 Å². The quantitative estimate of drug-likeness (QED) is 0.283. The van der Waals surface area contributed by atoms with Crippen molar-refractivity contribution in [3.8, 4) is 0 Å². The van der Waals surface area contributed by atoms with Crippen LogP contribution >= 0.6 is 0 Å². The Hall–Kier alpha value is -4.52. The molecular formula is C30H20BNO4. The maximum Gasteiger partial charge on any atom is 0.488 e. The fourth-order valence-corrected chi connectivity index (χ4v) is 5.02. The zero-order chi connectivity index (χ0) is 24.2. The molecule has 0 aliphatic rings. The van der Waals surface area contributed by atoms with Crippen LogP contribution in [0.1, 0.15) is 0 Å². The van der Waals surface area contributed by atoms with Crippen molar-refractivity contribution >= 4 is 73.5 Å². The number of rotatable bonds is 4. The third kappa shape index (κ3) is 3.20. The van der Waals surface area contributed by atoms with E-state index in [9.17, 15) is 10.0 Å². The maximum atomic E-state index is 9.62. The van der Waals surface area contributed by atoms with E-state index in [2.05, 4.69) is 35.2 Å². The van der Waals surface area contributed by atoms with E-state index in [1.165, 1.54) is 0 Å². The minimum absolute atomic E-state index is 0.429. The fraction of sp³-hybridized carbons (Fsp3) is 0. The van der Waals surface area contributed by atoms with Crippen molar-refractivity contribution in [1.29, 1.82) is 0 Å². The van der Waals surface area contributed by atoms with E-state index < -0.39 is 7.12 Å². The second-order valence-corrected chi connectivity index (χ2v) is 8.83. The third-order valence-electron chi connectivity index (χ3n) is 6.69. The number of anilines is 3. The van der Waals surface area contributed by atoms with Gasteiger partial charge in [0.15, 0.2) is 0 Å². The zero-order valence-corrected chi connectivity index (χ0v) is 19.1. The highest BCUT2D eigenvalue weighted by Gasteiger charge is 2.21. The summed E-state index contributed by atoms with van der Waals surface area (Å²) in [6.07, 6.45) is 0. The van der Waals surface area contributed by atoms with Gasteiger partial charge < -0.3 is 23.8 Å². The van der Waals surface area contributed by atoms with Crippen LogP contribution in [0.15, 0.2) is 118 Å². The van der Waals surface area contributed by atoms with Gasteiger partial charge in [-0.2, -0.15) is 0 Å². The molecule has 0 amide bonds. The predicted molar refractivity (Wildman–Crippen MR) is 146 cm³/mol. The number of benzene rings is 5. The van der Waals surface area contributed by atoms with Crippen LogP contribution in [0, 0.1) is 0 Å². The van der Waals surface area contributed by atoms with Gasteiger partial charge in [-0.25, -0.2) is 0 Å². The predicted octanol–water partition coefficient (Wildman–Crippen LogP) is 6.64. The van der Waals surface area contributed by atoms with Crippen molar-refractivity contribution in [2.45, 2.75) is 0 Å².